The van der Waals surface area contributed by atoms with Gasteiger partial charge in [-0.1, -0.05) is 17.7 Å². The third-order valence-corrected chi connectivity index (χ3v) is 3.89. The fraction of sp³-hybridized carbons (Fsp3) is 0.231. The van der Waals surface area contributed by atoms with E-state index >= 15 is 0 Å². The zero-order valence-corrected chi connectivity index (χ0v) is 11.9. The summed E-state index contributed by atoms with van der Waals surface area (Å²) >= 11 is 6.82. The molecular weight excluding hydrogens is 284 g/mol. The number of carbonyl (C=O) groups excluding carboxylic acids is 2. The van der Waals surface area contributed by atoms with Crippen LogP contribution in [0.25, 0.3) is 6.08 Å². The van der Waals surface area contributed by atoms with Crippen LogP contribution < -0.4 is 5.73 Å². The van der Waals surface area contributed by atoms with Crippen LogP contribution in [0.15, 0.2) is 23.1 Å². The number of halogens is 1. The zero-order chi connectivity index (χ0) is 14.0. The number of aryl methyl sites for hydroxylation is 1. The minimum atomic E-state index is -0.283. The molecule has 2 amide bonds. The molecule has 0 atom stereocenters. The first-order valence-corrected chi connectivity index (χ1v) is 6.94. The molecule has 1 aliphatic rings. The van der Waals surface area contributed by atoms with Crippen molar-refractivity contribution in [2.75, 3.05) is 13.1 Å². The molecule has 1 saturated heterocycles. The predicted molar refractivity (Wildman–Crippen MR) is 77.9 cm³/mol. The molecule has 0 aromatic heterocycles. The van der Waals surface area contributed by atoms with Crippen LogP contribution >= 0.6 is 23.4 Å². The SMILES string of the molecule is Cc1cc(Cl)ccc1/C=C1\SC(=O)N(CCN)C1=O. The zero-order valence-electron chi connectivity index (χ0n) is 10.4. The van der Waals surface area contributed by atoms with Crippen molar-refractivity contribution < 1.29 is 9.59 Å². The summed E-state index contributed by atoms with van der Waals surface area (Å²) < 4.78 is 0. The van der Waals surface area contributed by atoms with Gasteiger partial charge in [-0.15, -0.1) is 0 Å². The number of rotatable bonds is 3. The molecule has 0 bridgehead atoms. The van der Waals surface area contributed by atoms with E-state index < -0.39 is 0 Å². The highest BCUT2D eigenvalue weighted by Crippen LogP contribution is 2.32. The summed E-state index contributed by atoms with van der Waals surface area (Å²) in [6.07, 6.45) is 1.72. The second-order valence-corrected chi connectivity index (χ2v) is 5.55. The normalized spacial score (nSPS) is 17.6. The minimum absolute atomic E-state index is 0.252. The monoisotopic (exact) mass is 296 g/mol. The molecule has 1 aromatic rings. The average Bonchev–Trinajstić information content (AvgIpc) is 2.61. The minimum Gasteiger partial charge on any atom is -0.329 e. The van der Waals surface area contributed by atoms with Crippen LogP contribution in [0.4, 0.5) is 4.79 Å². The highest BCUT2D eigenvalue weighted by atomic mass is 35.5. The van der Waals surface area contributed by atoms with E-state index in [0.29, 0.717) is 9.93 Å². The van der Waals surface area contributed by atoms with E-state index in [2.05, 4.69) is 0 Å². The summed E-state index contributed by atoms with van der Waals surface area (Å²) in [5.74, 6) is -0.283. The molecule has 4 nitrogen and oxygen atoms in total. The summed E-state index contributed by atoms with van der Waals surface area (Å²) in [6.45, 7) is 2.43. The number of imide groups is 1. The molecule has 1 aromatic carbocycles. The van der Waals surface area contributed by atoms with Crippen molar-refractivity contribution in [1.29, 1.82) is 0 Å². The number of benzene rings is 1. The number of nitrogens with zero attached hydrogens (tertiary/aromatic N) is 1. The van der Waals surface area contributed by atoms with Crippen LogP contribution in [-0.4, -0.2) is 29.1 Å². The Bertz CT molecular complexity index is 572. The highest BCUT2D eigenvalue weighted by molar-refractivity contribution is 8.18. The van der Waals surface area contributed by atoms with E-state index in [4.69, 9.17) is 17.3 Å². The lowest BCUT2D eigenvalue weighted by atomic mass is 10.1. The van der Waals surface area contributed by atoms with Crippen molar-refractivity contribution in [2.24, 2.45) is 5.73 Å². The van der Waals surface area contributed by atoms with Crippen molar-refractivity contribution >= 4 is 40.6 Å². The lowest BCUT2D eigenvalue weighted by Crippen LogP contribution is -2.33. The van der Waals surface area contributed by atoms with E-state index in [1.807, 2.05) is 19.1 Å². The van der Waals surface area contributed by atoms with Crippen LogP contribution in [0, 0.1) is 6.92 Å². The second-order valence-electron chi connectivity index (χ2n) is 4.12. The third-order valence-electron chi connectivity index (χ3n) is 2.74. The molecule has 0 aliphatic carbocycles. The molecule has 0 unspecified atom stereocenters. The first-order chi connectivity index (χ1) is 9.02. The van der Waals surface area contributed by atoms with Crippen LogP contribution in [-0.2, 0) is 4.79 Å². The van der Waals surface area contributed by atoms with Gasteiger partial charge in [0.25, 0.3) is 11.1 Å². The molecule has 2 rings (SSSR count). The van der Waals surface area contributed by atoms with Crippen LogP contribution in [0.1, 0.15) is 11.1 Å². The number of carbonyl (C=O) groups is 2. The van der Waals surface area contributed by atoms with Gasteiger partial charge in [0.2, 0.25) is 0 Å². The van der Waals surface area contributed by atoms with E-state index in [9.17, 15) is 9.59 Å². The van der Waals surface area contributed by atoms with Gasteiger partial charge < -0.3 is 5.73 Å². The Kier molecular flexibility index (Phi) is 4.29. The molecule has 6 heteroatoms. The predicted octanol–water partition coefficient (Wildman–Crippen LogP) is 2.64. The fourth-order valence-corrected chi connectivity index (χ4v) is 2.85. The van der Waals surface area contributed by atoms with Crippen molar-refractivity contribution in [3.8, 4) is 0 Å². The second kappa shape index (κ2) is 5.77. The molecule has 0 radical (unpaired) electrons. The Morgan fingerprint density at radius 2 is 2.16 bits per heavy atom. The number of nitrogens with two attached hydrogens (primary N) is 1. The number of hydrogen-bond acceptors (Lipinski definition) is 4. The molecule has 0 spiro atoms. The lowest BCUT2D eigenvalue weighted by molar-refractivity contribution is -0.122. The molecule has 2 N–H and O–H groups in total. The standard InChI is InChI=1S/C13H13ClN2O2S/c1-8-6-10(14)3-2-9(8)7-11-12(17)16(5-4-15)13(18)19-11/h2-3,6-7H,4-5,15H2,1H3/b11-7-. The van der Waals surface area contributed by atoms with Gasteiger partial charge in [-0.2, -0.15) is 0 Å². The van der Waals surface area contributed by atoms with Gasteiger partial charge in [0.05, 0.1) is 4.91 Å². The van der Waals surface area contributed by atoms with Gasteiger partial charge in [-0.25, -0.2) is 0 Å². The largest absolute Gasteiger partial charge is 0.329 e. The van der Waals surface area contributed by atoms with Crippen molar-refractivity contribution in [3.05, 3.63) is 39.3 Å². The van der Waals surface area contributed by atoms with E-state index in [-0.39, 0.29) is 24.2 Å². The maximum absolute atomic E-state index is 12.0. The van der Waals surface area contributed by atoms with Crippen LogP contribution in [0.5, 0.6) is 0 Å². The van der Waals surface area contributed by atoms with Gasteiger partial charge >= 0.3 is 0 Å². The van der Waals surface area contributed by atoms with Gasteiger partial charge in [0.15, 0.2) is 0 Å². The first kappa shape index (κ1) is 14.1. The Morgan fingerprint density at radius 1 is 1.42 bits per heavy atom. The molecule has 100 valence electrons. The summed E-state index contributed by atoms with van der Waals surface area (Å²) in [7, 11) is 0. The molecular formula is C13H13ClN2O2S. The van der Waals surface area contributed by atoms with Crippen molar-refractivity contribution in [3.63, 3.8) is 0 Å². The van der Waals surface area contributed by atoms with E-state index in [1.54, 1.807) is 12.1 Å². The molecule has 1 heterocycles. The van der Waals surface area contributed by atoms with Gasteiger partial charge in [0, 0.05) is 18.1 Å². The third kappa shape index (κ3) is 3.00. The Balaban J connectivity index is 2.30. The van der Waals surface area contributed by atoms with E-state index in [1.165, 1.54) is 4.90 Å². The number of hydrogen-bond donors (Lipinski definition) is 1. The van der Waals surface area contributed by atoms with Crippen molar-refractivity contribution in [2.45, 2.75) is 6.92 Å². The molecule has 1 aliphatic heterocycles. The Hall–Kier alpha value is -1.30. The maximum Gasteiger partial charge on any atom is 0.293 e. The topological polar surface area (TPSA) is 63.4 Å². The molecule has 1 fully saturated rings. The van der Waals surface area contributed by atoms with E-state index in [0.717, 1.165) is 22.9 Å². The molecule has 0 saturated carbocycles. The van der Waals surface area contributed by atoms with Gasteiger partial charge in [0.1, 0.15) is 0 Å². The lowest BCUT2D eigenvalue weighted by Gasteiger charge is -2.09. The summed E-state index contributed by atoms with van der Waals surface area (Å²) in [5.41, 5.74) is 7.22. The average molecular weight is 297 g/mol. The molecule has 19 heavy (non-hydrogen) atoms. The summed E-state index contributed by atoms with van der Waals surface area (Å²) in [6, 6.07) is 5.40. The van der Waals surface area contributed by atoms with Gasteiger partial charge in [-0.05, 0) is 48.0 Å². The Morgan fingerprint density at radius 3 is 2.79 bits per heavy atom. The smallest absolute Gasteiger partial charge is 0.293 e. The summed E-state index contributed by atoms with van der Waals surface area (Å²) in [4.78, 5) is 25.3. The first-order valence-electron chi connectivity index (χ1n) is 5.74. The van der Waals surface area contributed by atoms with Crippen molar-refractivity contribution in [1.82, 2.24) is 4.90 Å². The van der Waals surface area contributed by atoms with Crippen LogP contribution in [0.2, 0.25) is 5.02 Å². The quantitative estimate of drug-likeness (QED) is 0.871. The number of amides is 2. The maximum atomic E-state index is 12.0. The Labute approximate surface area is 120 Å². The fourth-order valence-electron chi connectivity index (χ4n) is 1.76. The summed E-state index contributed by atoms with van der Waals surface area (Å²) in [5, 5.41) is 0.374. The van der Waals surface area contributed by atoms with Gasteiger partial charge in [-0.3, -0.25) is 14.5 Å². The number of thioether (sulfide) groups is 1. The van der Waals surface area contributed by atoms with Crippen LogP contribution in [0.3, 0.4) is 0 Å². The highest BCUT2D eigenvalue weighted by Gasteiger charge is 2.34.